The number of pyridine rings is 1. The van der Waals surface area contributed by atoms with Crippen LogP contribution >= 0.6 is 0 Å². The molecule has 8 heteroatoms. The number of benzene rings is 2. The van der Waals surface area contributed by atoms with E-state index < -0.39 is 0 Å². The van der Waals surface area contributed by atoms with Crippen LogP contribution in [0.25, 0.3) is 16.9 Å². The first-order valence-corrected chi connectivity index (χ1v) is 12.5. The first-order valence-electron chi connectivity index (χ1n) is 12.5. The molecule has 0 radical (unpaired) electrons. The summed E-state index contributed by atoms with van der Waals surface area (Å²) < 4.78 is 7.48. The molecule has 4 rings (SSSR count). The molecule has 0 fully saturated rings. The lowest BCUT2D eigenvalue weighted by Crippen LogP contribution is -2.37. The number of ether oxygens (including phenoxy) is 1. The van der Waals surface area contributed by atoms with Crippen LogP contribution in [0, 0.1) is 11.3 Å². The van der Waals surface area contributed by atoms with Gasteiger partial charge in [-0.1, -0.05) is 24.3 Å². The summed E-state index contributed by atoms with van der Waals surface area (Å²) in [7, 11) is 0. The van der Waals surface area contributed by atoms with Crippen molar-refractivity contribution in [1.82, 2.24) is 14.7 Å². The number of amides is 1. The van der Waals surface area contributed by atoms with Crippen molar-refractivity contribution in [3.8, 4) is 23.1 Å². The molecule has 8 nitrogen and oxygen atoms in total. The number of ketones is 1. The van der Waals surface area contributed by atoms with E-state index >= 15 is 0 Å². The molecule has 0 aliphatic carbocycles. The first kappa shape index (κ1) is 26.6. The van der Waals surface area contributed by atoms with Gasteiger partial charge < -0.3 is 19.6 Å². The third-order valence-electron chi connectivity index (χ3n) is 6.13. The van der Waals surface area contributed by atoms with Crippen LogP contribution in [0.1, 0.15) is 59.0 Å². The zero-order valence-electron chi connectivity index (χ0n) is 21.6. The molecule has 0 spiro atoms. The van der Waals surface area contributed by atoms with Crippen LogP contribution in [-0.4, -0.2) is 44.9 Å². The van der Waals surface area contributed by atoms with E-state index in [4.69, 9.17) is 4.74 Å². The molecule has 194 valence electrons. The van der Waals surface area contributed by atoms with Crippen LogP contribution in [-0.2, 0) is 6.42 Å². The van der Waals surface area contributed by atoms with E-state index in [2.05, 4.69) is 16.4 Å². The van der Waals surface area contributed by atoms with Crippen LogP contribution in [0.4, 0.5) is 0 Å². The van der Waals surface area contributed by atoms with Gasteiger partial charge in [-0.15, -0.1) is 0 Å². The summed E-state index contributed by atoms with van der Waals surface area (Å²) >= 11 is 0. The standard InChI is InChI=1S/C30H30N4O4/c1-19(2)38-28-11-10-23(16-24(28)17-31)30(37)32-25(12-14-35)15-21-6-8-22(9-7-21)27-18-34-13-4-5-26(20(3)36)29(34)33-27/h4-11,13,16,18-19,25,35H,12,14-15H2,1-3H3,(H,32,37). The normalized spacial score (nSPS) is 11.8. The van der Waals surface area contributed by atoms with E-state index in [1.807, 2.05) is 61.0 Å². The van der Waals surface area contributed by atoms with Gasteiger partial charge in [-0.2, -0.15) is 5.26 Å². The number of fused-ring (bicyclic) bond motifs is 1. The van der Waals surface area contributed by atoms with Crippen molar-refractivity contribution < 1.29 is 19.4 Å². The summed E-state index contributed by atoms with van der Waals surface area (Å²) in [5, 5.41) is 22.0. The molecule has 2 heterocycles. The molecule has 2 N–H and O–H groups in total. The summed E-state index contributed by atoms with van der Waals surface area (Å²) in [5.41, 5.74) is 4.48. The molecular weight excluding hydrogens is 480 g/mol. The highest BCUT2D eigenvalue weighted by molar-refractivity contribution is 6.00. The van der Waals surface area contributed by atoms with Gasteiger partial charge in [0.25, 0.3) is 5.91 Å². The molecule has 1 amide bonds. The Hall–Kier alpha value is -4.48. The predicted octanol–water partition coefficient (Wildman–Crippen LogP) is 4.59. The first-order chi connectivity index (χ1) is 18.3. The number of aromatic nitrogens is 2. The largest absolute Gasteiger partial charge is 0.490 e. The lowest BCUT2D eigenvalue weighted by Gasteiger charge is -2.19. The van der Waals surface area contributed by atoms with Gasteiger partial charge in [-0.3, -0.25) is 9.59 Å². The van der Waals surface area contributed by atoms with Gasteiger partial charge in [-0.05, 0) is 69.5 Å². The number of Topliss-reactive ketones (excluding diaryl/α,β-unsaturated/α-hetero) is 1. The number of carbonyl (C=O) groups is 2. The van der Waals surface area contributed by atoms with Crippen molar-refractivity contribution in [3.63, 3.8) is 0 Å². The highest BCUT2D eigenvalue weighted by Crippen LogP contribution is 2.23. The molecule has 2 aromatic heterocycles. The molecule has 0 aliphatic rings. The van der Waals surface area contributed by atoms with Crippen LogP contribution < -0.4 is 10.1 Å². The maximum absolute atomic E-state index is 12.9. The Balaban J connectivity index is 1.48. The second kappa shape index (κ2) is 11.7. The quantitative estimate of drug-likeness (QED) is 0.302. The number of hydrogen-bond donors (Lipinski definition) is 2. The Kier molecular flexibility index (Phi) is 8.19. The van der Waals surface area contributed by atoms with Crippen LogP contribution in [0.15, 0.2) is 67.0 Å². The smallest absolute Gasteiger partial charge is 0.251 e. The van der Waals surface area contributed by atoms with Crippen LogP contribution in [0.2, 0.25) is 0 Å². The number of aliphatic hydroxyl groups is 1. The van der Waals surface area contributed by atoms with Crippen molar-refractivity contribution >= 4 is 17.3 Å². The summed E-state index contributed by atoms with van der Waals surface area (Å²) in [6, 6.07) is 18.0. The number of aliphatic hydroxyl groups excluding tert-OH is 1. The number of hydrogen-bond acceptors (Lipinski definition) is 6. The van der Waals surface area contributed by atoms with E-state index in [-0.39, 0.29) is 30.4 Å². The minimum Gasteiger partial charge on any atom is -0.490 e. The number of nitrogens with one attached hydrogen (secondary N) is 1. The number of nitrogens with zero attached hydrogens (tertiary/aromatic N) is 3. The second-order valence-electron chi connectivity index (χ2n) is 9.41. The molecule has 0 saturated heterocycles. The highest BCUT2D eigenvalue weighted by Gasteiger charge is 2.17. The molecule has 38 heavy (non-hydrogen) atoms. The summed E-state index contributed by atoms with van der Waals surface area (Å²) in [6.45, 7) is 5.19. The van der Waals surface area contributed by atoms with E-state index in [9.17, 15) is 20.0 Å². The van der Waals surface area contributed by atoms with Gasteiger partial charge in [-0.25, -0.2) is 4.98 Å². The Morgan fingerprint density at radius 3 is 2.58 bits per heavy atom. The monoisotopic (exact) mass is 510 g/mol. The van der Waals surface area contributed by atoms with Gasteiger partial charge in [0.1, 0.15) is 17.5 Å². The van der Waals surface area contributed by atoms with Gasteiger partial charge in [0.05, 0.1) is 22.9 Å². The fourth-order valence-corrected chi connectivity index (χ4v) is 4.29. The minimum absolute atomic E-state index is 0.0382. The van der Waals surface area contributed by atoms with Gasteiger partial charge in [0, 0.05) is 36.2 Å². The third kappa shape index (κ3) is 6.07. The van der Waals surface area contributed by atoms with E-state index in [0.29, 0.717) is 40.9 Å². The molecule has 0 saturated carbocycles. The number of imidazole rings is 1. The zero-order chi connectivity index (χ0) is 27.2. The number of rotatable bonds is 10. The van der Waals surface area contributed by atoms with Crippen LogP contribution in [0.5, 0.6) is 5.75 Å². The van der Waals surface area contributed by atoms with Gasteiger partial charge in [0.2, 0.25) is 0 Å². The van der Waals surface area contributed by atoms with Crippen molar-refractivity contribution in [2.45, 2.75) is 45.8 Å². The zero-order valence-corrected chi connectivity index (χ0v) is 21.6. The van der Waals surface area contributed by atoms with E-state index in [0.717, 1.165) is 16.8 Å². The second-order valence-corrected chi connectivity index (χ2v) is 9.41. The molecule has 1 atom stereocenters. The fraction of sp³-hybridized carbons (Fsp3) is 0.267. The molecule has 1 unspecified atom stereocenters. The van der Waals surface area contributed by atoms with Gasteiger partial charge in [0.15, 0.2) is 5.78 Å². The Morgan fingerprint density at radius 1 is 1.16 bits per heavy atom. The number of carbonyl (C=O) groups excluding carboxylic acids is 2. The maximum Gasteiger partial charge on any atom is 0.251 e. The molecule has 2 aromatic carbocycles. The predicted molar refractivity (Wildman–Crippen MR) is 144 cm³/mol. The summed E-state index contributed by atoms with van der Waals surface area (Å²) in [5.74, 6) is 0.0802. The Labute approximate surface area is 221 Å². The van der Waals surface area contributed by atoms with E-state index in [1.165, 1.54) is 13.0 Å². The molecular formula is C30H30N4O4. The topological polar surface area (TPSA) is 117 Å². The minimum atomic E-state index is -0.321. The maximum atomic E-state index is 12.9. The average Bonchev–Trinajstić information content (AvgIpc) is 3.33. The Bertz CT molecular complexity index is 1500. The van der Waals surface area contributed by atoms with Crippen molar-refractivity contribution in [3.05, 3.63) is 89.2 Å². The van der Waals surface area contributed by atoms with Crippen molar-refractivity contribution in [1.29, 1.82) is 5.26 Å². The molecule has 0 bridgehead atoms. The molecule has 0 aliphatic heterocycles. The van der Waals surface area contributed by atoms with Gasteiger partial charge >= 0.3 is 0 Å². The van der Waals surface area contributed by atoms with Crippen molar-refractivity contribution in [2.75, 3.05) is 6.61 Å². The fourth-order valence-electron chi connectivity index (χ4n) is 4.29. The Morgan fingerprint density at radius 2 is 1.92 bits per heavy atom. The average molecular weight is 511 g/mol. The van der Waals surface area contributed by atoms with Crippen molar-refractivity contribution in [2.24, 2.45) is 0 Å². The lowest BCUT2D eigenvalue weighted by molar-refractivity contribution is 0.0929. The lowest BCUT2D eigenvalue weighted by atomic mass is 10.0. The number of nitriles is 1. The SMILES string of the molecule is CC(=O)c1cccn2cc(-c3ccc(CC(CCO)NC(=O)c4ccc(OC(C)C)c(C#N)c4)cc3)nc12. The van der Waals surface area contributed by atoms with Crippen LogP contribution in [0.3, 0.4) is 0 Å². The molecule has 4 aromatic rings. The highest BCUT2D eigenvalue weighted by atomic mass is 16.5. The summed E-state index contributed by atoms with van der Waals surface area (Å²) in [6.07, 6.45) is 4.56. The third-order valence-corrected chi connectivity index (χ3v) is 6.13. The summed E-state index contributed by atoms with van der Waals surface area (Å²) in [4.78, 5) is 29.5. The van der Waals surface area contributed by atoms with E-state index in [1.54, 1.807) is 18.2 Å².